The van der Waals surface area contributed by atoms with Crippen molar-refractivity contribution in [3.63, 3.8) is 0 Å². The molecule has 0 aliphatic heterocycles. The molecular formula is C12H12ClN3S. The summed E-state index contributed by atoms with van der Waals surface area (Å²) in [7, 11) is 0. The molecule has 0 saturated carbocycles. The van der Waals surface area contributed by atoms with Crippen molar-refractivity contribution in [1.29, 1.82) is 0 Å². The summed E-state index contributed by atoms with van der Waals surface area (Å²) in [5.41, 5.74) is 7.61. The topological polar surface area (TPSA) is 51.8 Å². The van der Waals surface area contributed by atoms with Gasteiger partial charge in [0, 0.05) is 22.5 Å². The Bertz CT molecular complexity index is 511. The van der Waals surface area contributed by atoms with E-state index < -0.39 is 0 Å². The first-order chi connectivity index (χ1) is 8.15. The van der Waals surface area contributed by atoms with Crippen LogP contribution in [0.4, 0.5) is 5.82 Å². The Kier molecular flexibility index (Phi) is 3.86. The lowest BCUT2D eigenvalue weighted by Crippen LogP contribution is -1.96. The van der Waals surface area contributed by atoms with Crippen molar-refractivity contribution < 1.29 is 0 Å². The summed E-state index contributed by atoms with van der Waals surface area (Å²) >= 11 is 7.60. The second-order valence-corrected chi connectivity index (χ2v) is 4.95. The van der Waals surface area contributed by atoms with Crippen LogP contribution in [0.3, 0.4) is 0 Å². The predicted molar refractivity (Wildman–Crippen MR) is 72.2 cm³/mol. The fourth-order valence-electron chi connectivity index (χ4n) is 1.39. The number of anilines is 1. The second kappa shape index (κ2) is 5.38. The number of hydrogen-bond acceptors (Lipinski definition) is 4. The Hall–Kier alpha value is -1.26. The van der Waals surface area contributed by atoms with Crippen LogP contribution in [0, 0.1) is 6.92 Å². The molecule has 3 nitrogen and oxygen atoms in total. The van der Waals surface area contributed by atoms with E-state index in [2.05, 4.69) is 9.97 Å². The largest absolute Gasteiger partial charge is 0.384 e. The van der Waals surface area contributed by atoms with Gasteiger partial charge in [-0.2, -0.15) is 0 Å². The number of nitrogens with two attached hydrogens (primary N) is 1. The number of thioether (sulfide) groups is 1. The van der Waals surface area contributed by atoms with Crippen LogP contribution < -0.4 is 5.73 Å². The summed E-state index contributed by atoms with van der Waals surface area (Å²) in [4.78, 5) is 8.47. The molecule has 1 aromatic heterocycles. The van der Waals surface area contributed by atoms with Crippen LogP contribution in [0.2, 0.25) is 5.02 Å². The lowest BCUT2D eigenvalue weighted by molar-refractivity contribution is 0.940. The number of hydrogen-bond donors (Lipinski definition) is 1. The SMILES string of the molecule is Cc1cc(N)nc(SCc2ccccc2Cl)n1. The molecule has 2 N–H and O–H groups in total. The molecule has 0 radical (unpaired) electrons. The van der Waals surface area contributed by atoms with Crippen molar-refractivity contribution in [3.05, 3.63) is 46.6 Å². The second-order valence-electron chi connectivity index (χ2n) is 3.60. The van der Waals surface area contributed by atoms with E-state index in [4.69, 9.17) is 17.3 Å². The van der Waals surface area contributed by atoms with E-state index in [1.54, 1.807) is 6.07 Å². The third-order valence-corrected chi connectivity index (χ3v) is 3.43. The first kappa shape index (κ1) is 12.2. The smallest absolute Gasteiger partial charge is 0.190 e. The number of nitrogen functional groups attached to an aromatic ring is 1. The van der Waals surface area contributed by atoms with Crippen molar-refractivity contribution in [2.45, 2.75) is 17.8 Å². The molecule has 0 spiro atoms. The molecule has 17 heavy (non-hydrogen) atoms. The van der Waals surface area contributed by atoms with Gasteiger partial charge in [-0.1, -0.05) is 41.6 Å². The van der Waals surface area contributed by atoms with Crippen molar-refractivity contribution in [2.75, 3.05) is 5.73 Å². The first-order valence-corrected chi connectivity index (χ1v) is 6.49. The monoisotopic (exact) mass is 265 g/mol. The zero-order chi connectivity index (χ0) is 12.3. The molecule has 1 heterocycles. The molecule has 0 unspecified atom stereocenters. The zero-order valence-corrected chi connectivity index (χ0v) is 10.9. The van der Waals surface area contributed by atoms with Gasteiger partial charge in [0.1, 0.15) is 5.82 Å². The van der Waals surface area contributed by atoms with Gasteiger partial charge in [-0.25, -0.2) is 9.97 Å². The van der Waals surface area contributed by atoms with Crippen molar-refractivity contribution in [3.8, 4) is 0 Å². The van der Waals surface area contributed by atoms with Gasteiger partial charge >= 0.3 is 0 Å². The molecule has 0 saturated heterocycles. The zero-order valence-electron chi connectivity index (χ0n) is 9.35. The molecule has 0 bridgehead atoms. The lowest BCUT2D eigenvalue weighted by atomic mass is 10.2. The molecule has 0 atom stereocenters. The van der Waals surface area contributed by atoms with E-state index in [-0.39, 0.29) is 0 Å². The van der Waals surface area contributed by atoms with Crippen LogP contribution in [0.1, 0.15) is 11.3 Å². The maximum Gasteiger partial charge on any atom is 0.190 e. The number of rotatable bonds is 3. The highest BCUT2D eigenvalue weighted by Crippen LogP contribution is 2.24. The molecule has 0 aliphatic carbocycles. The van der Waals surface area contributed by atoms with E-state index in [0.29, 0.717) is 11.0 Å². The maximum atomic E-state index is 6.07. The average molecular weight is 266 g/mol. The quantitative estimate of drug-likeness (QED) is 0.683. The van der Waals surface area contributed by atoms with E-state index >= 15 is 0 Å². The van der Waals surface area contributed by atoms with Crippen molar-refractivity contribution in [1.82, 2.24) is 9.97 Å². The lowest BCUT2D eigenvalue weighted by Gasteiger charge is -2.04. The molecule has 0 aliphatic rings. The van der Waals surface area contributed by atoms with Gasteiger partial charge in [0.15, 0.2) is 5.16 Å². The number of benzene rings is 1. The van der Waals surface area contributed by atoms with Crippen LogP contribution in [-0.2, 0) is 5.75 Å². The number of aryl methyl sites for hydroxylation is 1. The summed E-state index contributed by atoms with van der Waals surface area (Å²) in [5.74, 6) is 1.24. The van der Waals surface area contributed by atoms with Crippen LogP contribution in [0.25, 0.3) is 0 Å². The third-order valence-electron chi connectivity index (χ3n) is 2.17. The van der Waals surface area contributed by atoms with Gasteiger partial charge in [-0.05, 0) is 18.6 Å². The van der Waals surface area contributed by atoms with Gasteiger partial charge in [-0.15, -0.1) is 0 Å². The Morgan fingerprint density at radius 3 is 2.76 bits per heavy atom. The van der Waals surface area contributed by atoms with Crippen LogP contribution in [0.5, 0.6) is 0 Å². The molecule has 1 aromatic carbocycles. The van der Waals surface area contributed by atoms with E-state index in [0.717, 1.165) is 22.0 Å². The number of halogens is 1. The first-order valence-electron chi connectivity index (χ1n) is 5.12. The van der Waals surface area contributed by atoms with Crippen LogP contribution >= 0.6 is 23.4 Å². The van der Waals surface area contributed by atoms with Gasteiger partial charge in [0.2, 0.25) is 0 Å². The normalized spacial score (nSPS) is 10.5. The van der Waals surface area contributed by atoms with E-state index in [1.165, 1.54) is 11.8 Å². The minimum Gasteiger partial charge on any atom is -0.384 e. The summed E-state index contributed by atoms with van der Waals surface area (Å²) in [6, 6.07) is 9.50. The fraction of sp³-hybridized carbons (Fsp3) is 0.167. The molecule has 2 rings (SSSR count). The van der Waals surface area contributed by atoms with E-state index in [9.17, 15) is 0 Å². The molecule has 0 amide bonds. The van der Waals surface area contributed by atoms with Gasteiger partial charge in [-0.3, -0.25) is 0 Å². The number of nitrogens with zero attached hydrogens (tertiary/aromatic N) is 2. The van der Waals surface area contributed by atoms with E-state index in [1.807, 2.05) is 31.2 Å². The summed E-state index contributed by atoms with van der Waals surface area (Å²) in [6.07, 6.45) is 0. The predicted octanol–water partition coefficient (Wildman–Crippen LogP) is 3.31. The molecule has 0 fully saturated rings. The van der Waals surface area contributed by atoms with Gasteiger partial charge in [0.05, 0.1) is 0 Å². The van der Waals surface area contributed by atoms with Gasteiger partial charge < -0.3 is 5.73 Å². The minimum atomic E-state index is 0.499. The van der Waals surface area contributed by atoms with Crippen molar-refractivity contribution in [2.24, 2.45) is 0 Å². The van der Waals surface area contributed by atoms with Crippen LogP contribution in [-0.4, -0.2) is 9.97 Å². The summed E-state index contributed by atoms with van der Waals surface area (Å²) in [5, 5.41) is 1.45. The Labute approximate surface area is 109 Å². The Morgan fingerprint density at radius 2 is 2.06 bits per heavy atom. The molecule has 88 valence electrons. The highest BCUT2D eigenvalue weighted by molar-refractivity contribution is 7.98. The third kappa shape index (κ3) is 3.35. The fourth-order valence-corrected chi connectivity index (χ4v) is 2.58. The Balaban J connectivity index is 2.10. The molecule has 2 aromatic rings. The highest BCUT2D eigenvalue weighted by Gasteiger charge is 2.04. The molecule has 5 heteroatoms. The van der Waals surface area contributed by atoms with Crippen LogP contribution in [0.15, 0.2) is 35.5 Å². The summed E-state index contributed by atoms with van der Waals surface area (Å²) in [6.45, 7) is 1.90. The molecular weight excluding hydrogens is 254 g/mol. The highest BCUT2D eigenvalue weighted by atomic mass is 35.5. The average Bonchev–Trinajstić information content (AvgIpc) is 2.27. The number of aromatic nitrogens is 2. The van der Waals surface area contributed by atoms with Crippen molar-refractivity contribution >= 4 is 29.2 Å². The summed E-state index contributed by atoms with van der Waals surface area (Å²) < 4.78 is 0. The Morgan fingerprint density at radius 1 is 1.29 bits per heavy atom. The standard InChI is InChI=1S/C12H12ClN3S/c1-8-6-11(14)16-12(15-8)17-7-9-4-2-3-5-10(9)13/h2-6H,7H2,1H3,(H2,14,15,16). The minimum absolute atomic E-state index is 0.499. The van der Waals surface area contributed by atoms with Gasteiger partial charge in [0.25, 0.3) is 0 Å². The maximum absolute atomic E-state index is 6.07.